The van der Waals surface area contributed by atoms with Crippen molar-refractivity contribution in [3.8, 4) is 11.8 Å². The second-order valence-electron chi connectivity index (χ2n) is 3.79. The Morgan fingerprint density at radius 1 is 1.47 bits per heavy atom. The molecule has 0 saturated carbocycles. The van der Waals surface area contributed by atoms with Gasteiger partial charge in [0.25, 0.3) is 5.56 Å². The zero-order valence-electron chi connectivity index (χ0n) is 10.3. The highest BCUT2D eigenvalue weighted by molar-refractivity contribution is 7.20. The van der Waals surface area contributed by atoms with Crippen LogP contribution in [0.2, 0.25) is 0 Å². The molecule has 2 heterocycles. The van der Waals surface area contributed by atoms with Crippen LogP contribution in [0.25, 0.3) is 10.2 Å². The Hall–Kier alpha value is -2.33. The molecule has 0 radical (unpaired) electrons. The number of carboxylic acids is 1. The van der Waals surface area contributed by atoms with Crippen molar-refractivity contribution in [3.63, 3.8) is 0 Å². The van der Waals surface area contributed by atoms with Crippen LogP contribution in [-0.4, -0.2) is 20.2 Å². The molecule has 0 aliphatic carbocycles. The van der Waals surface area contributed by atoms with Gasteiger partial charge in [-0.15, -0.1) is 17.3 Å². The fourth-order valence-corrected chi connectivity index (χ4v) is 2.63. The maximum absolute atomic E-state index is 12.1. The lowest BCUT2D eigenvalue weighted by Crippen LogP contribution is -2.38. The summed E-state index contributed by atoms with van der Waals surface area (Å²) in [5, 5.41) is 9.16. The van der Waals surface area contributed by atoms with Crippen LogP contribution in [0.15, 0.2) is 15.7 Å². The van der Waals surface area contributed by atoms with Crippen LogP contribution in [0.5, 0.6) is 0 Å². The summed E-state index contributed by atoms with van der Waals surface area (Å²) >= 11 is 0.907. The van der Waals surface area contributed by atoms with Gasteiger partial charge in [0.2, 0.25) is 0 Å². The van der Waals surface area contributed by atoms with Crippen molar-refractivity contribution >= 4 is 27.5 Å². The van der Waals surface area contributed by atoms with Gasteiger partial charge in [-0.3, -0.25) is 9.36 Å². The van der Waals surface area contributed by atoms with Gasteiger partial charge < -0.3 is 5.11 Å². The molecular formula is C12H10N2O4S. The van der Waals surface area contributed by atoms with E-state index in [1.807, 2.05) is 0 Å². The monoisotopic (exact) mass is 278 g/mol. The molecule has 0 unspecified atom stereocenters. The molecule has 0 amide bonds. The first-order valence-corrected chi connectivity index (χ1v) is 6.15. The van der Waals surface area contributed by atoms with Crippen molar-refractivity contribution in [2.75, 3.05) is 0 Å². The van der Waals surface area contributed by atoms with Gasteiger partial charge in [-0.2, -0.15) is 0 Å². The van der Waals surface area contributed by atoms with Crippen molar-refractivity contribution in [2.45, 2.75) is 13.5 Å². The standard InChI is InChI=1S/C12H10N2O4S/c1-3-4-5-14-9(15)7-6-8(11(16)17)19-10(7)13(2)12(14)18/h6H,5H2,1-2H3,(H,16,17). The smallest absolute Gasteiger partial charge is 0.345 e. The van der Waals surface area contributed by atoms with Gasteiger partial charge >= 0.3 is 11.7 Å². The summed E-state index contributed by atoms with van der Waals surface area (Å²) < 4.78 is 2.27. The summed E-state index contributed by atoms with van der Waals surface area (Å²) in [6.07, 6.45) is 0. The predicted octanol–water partition coefficient (Wildman–Crippen LogP) is 0.483. The Labute approximate surface area is 111 Å². The molecular weight excluding hydrogens is 268 g/mol. The average molecular weight is 278 g/mol. The van der Waals surface area contributed by atoms with E-state index in [1.165, 1.54) is 17.7 Å². The number of hydrogen-bond acceptors (Lipinski definition) is 4. The van der Waals surface area contributed by atoms with Gasteiger partial charge in [-0.1, -0.05) is 5.92 Å². The molecule has 6 nitrogen and oxygen atoms in total. The number of rotatable bonds is 2. The number of carboxylic acid groups (broad SMARTS) is 1. The molecule has 0 aliphatic heterocycles. The number of nitrogens with zero attached hydrogens (tertiary/aromatic N) is 2. The van der Waals surface area contributed by atoms with Gasteiger partial charge in [0, 0.05) is 7.05 Å². The third-order valence-electron chi connectivity index (χ3n) is 2.64. The number of aromatic carboxylic acids is 1. The highest BCUT2D eigenvalue weighted by Crippen LogP contribution is 2.21. The van der Waals surface area contributed by atoms with Gasteiger partial charge in [-0.05, 0) is 13.0 Å². The Morgan fingerprint density at radius 3 is 2.74 bits per heavy atom. The van der Waals surface area contributed by atoms with E-state index in [2.05, 4.69) is 11.8 Å². The Balaban J connectivity index is 2.87. The number of fused-ring (bicyclic) bond motifs is 1. The number of carbonyl (C=O) groups is 1. The second-order valence-corrected chi connectivity index (χ2v) is 4.82. The quantitative estimate of drug-likeness (QED) is 0.810. The molecule has 0 fully saturated rings. The normalized spacial score (nSPS) is 10.2. The fourth-order valence-electron chi connectivity index (χ4n) is 1.69. The zero-order chi connectivity index (χ0) is 14.2. The van der Waals surface area contributed by atoms with E-state index in [9.17, 15) is 14.4 Å². The maximum Gasteiger partial charge on any atom is 0.345 e. The number of aryl methyl sites for hydroxylation is 1. The van der Waals surface area contributed by atoms with E-state index in [4.69, 9.17) is 5.11 Å². The van der Waals surface area contributed by atoms with Crippen LogP contribution < -0.4 is 11.2 Å². The van der Waals surface area contributed by atoms with Crippen molar-refractivity contribution in [3.05, 3.63) is 31.8 Å². The molecule has 0 aliphatic rings. The topological polar surface area (TPSA) is 81.3 Å². The molecule has 0 atom stereocenters. The fraction of sp³-hybridized carbons (Fsp3) is 0.250. The van der Waals surface area contributed by atoms with E-state index >= 15 is 0 Å². The lowest BCUT2D eigenvalue weighted by Gasteiger charge is -2.04. The third-order valence-corrected chi connectivity index (χ3v) is 3.83. The number of aromatic nitrogens is 2. The molecule has 2 aromatic rings. The first kappa shape index (κ1) is 13.1. The molecule has 98 valence electrons. The molecule has 0 bridgehead atoms. The zero-order valence-corrected chi connectivity index (χ0v) is 11.1. The van der Waals surface area contributed by atoms with Crippen LogP contribution in [0.1, 0.15) is 16.6 Å². The van der Waals surface area contributed by atoms with Gasteiger partial charge in [0.05, 0.1) is 11.9 Å². The highest BCUT2D eigenvalue weighted by Gasteiger charge is 2.16. The van der Waals surface area contributed by atoms with Crippen LogP contribution in [0, 0.1) is 11.8 Å². The van der Waals surface area contributed by atoms with Crippen molar-refractivity contribution < 1.29 is 9.90 Å². The summed E-state index contributed by atoms with van der Waals surface area (Å²) in [6, 6.07) is 1.29. The van der Waals surface area contributed by atoms with Crippen LogP contribution in [-0.2, 0) is 13.6 Å². The van der Waals surface area contributed by atoms with E-state index in [0.717, 1.165) is 15.9 Å². The third kappa shape index (κ3) is 2.06. The number of hydrogen-bond donors (Lipinski definition) is 1. The molecule has 0 spiro atoms. The minimum atomic E-state index is -1.12. The summed E-state index contributed by atoms with van der Waals surface area (Å²) in [6.45, 7) is 1.61. The molecule has 2 rings (SSSR count). The highest BCUT2D eigenvalue weighted by atomic mass is 32.1. The van der Waals surface area contributed by atoms with Gasteiger partial charge in [0.1, 0.15) is 9.71 Å². The lowest BCUT2D eigenvalue weighted by atomic mass is 10.3. The Kier molecular flexibility index (Phi) is 3.27. The van der Waals surface area contributed by atoms with Crippen molar-refractivity contribution in [1.82, 2.24) is 9.13 Å². The van der Waals surface area contributed by atoms with E-state index in [1.54, 1.807) is 6.92 Å². The Morgan fingerprint density at radius 2 is 2.16 bits per heavy atom. The SMILES string of the molecule is CC#CCn1c(=O)c2cc(C(=O)O)sc2n(C)c1=O. The molecule has 0 aromatic carbocycles. The molecule has 19 heavy (non-hydrogen) atoms. The van der Waals surface area contributed by atoms with Gasteiger partial charge in [-0.25, -0.2) is 14.2 Å². The van der Waals surface area contributed by atoms with E-state index in [-0.39, 0.29) is 16.8 Å². The minimum absolute atomic E-state index is 0.00377. The largest absolute Gasteiger partial charge is 0.477 e. The van der Waals surface area contributed by atoms with Crippen molar-refractivity contribution in [2.24, 2.45) is 7.05 Å². The summed E-state index contributed by atoms with van der Waals surface area (Å²) in [7, 11) is 1.50. The minimum Gasteiger partial charge on any atom is -0.477 e. The maximum atomic E-state index is 12.1. The summed E-state index contributed by atoms with van der Waals surface area (Å²) in [5.74, 6) is 4.15. The molecule has 1 N–H and O–H groups in total. The van der Waals surface area contributed by atoms with Crippen LogP contribution in [0.4, 0.5) is 0 Å². The van der Waals surface area contributed by atoms with E-state index < -0.39 is 17.2 Å². The van der Waals surface area contributed by atoms with Crippen LogP contribution >= 0.6 is 11.3 Å². The average Bonchev–Trinajstić information content (AvgIpc) is 2.82. The second kappa shape index (κ2) is 4.74. The molecule has 0 saturated heterocycles. The first-order chi connectivity index (χ1) is 8.97. The summed E-state index contributed by atoms with van der Waals surface area (Å²) in [5.41, 5.74) is -1.01. The van der Waals surface area contributed by atoms with Gasteiger partial charge in [0.15, 0.2) is 0 Å². The van der Waals surface area contributed by atoms with Crippen molar-refractivity contribution in [1.29, 1.82) is 0 Å². The van der Waals surface area contributed by atoms with E-state index in [0.29, 0.717) is 4.83 Å². The molecule has 2 aromatic heterocycles. The summed E-state index contributed by atoms with van der Waals surface area (Å²) in [4.78, 5) is 35.5. The number of thiophene rings is 1. The first-order valence-electron chi connectivity index (χ1n) is 5.33. The lowest BCUT2D eigenvalue weighted by molar-refractivity contribution is 0.0702. The van der Waals surface area contributed by atoms with Crippen LogP contribution in [0.3, 0.4) is 0 Å². The predicted molar refractivity (Wildman–Crippen MR) is 71.7 cm³/mol. The molecule has 7 heteroatoms. The Bertz CT molecular complexity index is 845.